The Kier molecular flexibility index (Phi) is 7.39. The molecule has 1 aromatic heterocycles. The first-order valence-electron chi connectivity index (χ1n) is 11.1. The lowest BCUT2D eigenvalue weighted by atomic mass is 10.0. The Labute approximate surface area is 209 Å². The number of carbonyl (C=O) groups excluding carboxylic acids is 1. The fourth-order valence-corrected chi connectivity index (χ4v) is 4.73. The molecule has 0 bridgehead atoms. The number of thioether (sulfide) groups is 1. The molecule has 3 aromatic carbocycles. The van der Waals surface area contributed by atoms with Crippen molar-refractivity contribution in [1.82, 2.24) is 14.8 Å². The van der Waals surface area contributed by atoms with E-state index in [0.29, 0.717) is 21.9 Å². The van der Waals surface area contributed by atoms with Crippen molar-refractivity contribution >= 4 is 35.0 Å². The number of benzene rings is 3. The molecule has 0 saturated carbocycles. The van der Waals surface area contributed by atoms with E-state index < -0.39 is 0 Å². The minimum Gasteiger partial charge on any atom is -0.325 e. The Hall–Kier alpha value is -3.09. The molecule has 7 heteroatoms. The van der Waals surface area contributed by atoms with Crippen LogP contribution in [-0.4, -0.2) is 26.4 Å². The van der Waals surface area contributed by atoms with E-state index in [1.807, 2.05) is 73.0 Å². The summed E-state index contributed by atoms with van der Waals surface area (Å²) in [5.41, 5.74) is 6.03. The SMILES string of the molecule is Cc1cccc(C)c1NC(=O)CSc1nnc(-c2ccc(Cl)cc2)n1-c1ccccc1C(C)C. The van der Waals surface area contributed by atoms with Crippen LogP contribution in [0.1, 0.15) is 36.5 Å². The van der Waals surface area contributed by atoms with Gasteiger partial charge in [0.05, 0.1) is 11.4 Å². The zero-order chi connectivity index (χ0) is 24.2. The molecule has 34 heavy (non-hydrogen) atoms. The zero-order valence-corrected chi connectivity index (χ0v) is 21.2. The van der Waals surface area contributed by atoms with Gasteiger partial charge in [-0.1, -0.05) is 73.6 Å². The van der Waals surface area contributed by atoms with Crippen molar-refractivity contribution in [2.75, 3.05) is 11.1 Å². The van der Waals surface area contributed by atoms with E-state index in [-0.39, 0.29) is 11.7 Å². The van der Waals surface area contributed by atoms with Crippen LogP contribution in [0.5, 0.6) is 0 Å². The fourth-order valence-electron chi connectivity index (χ4n) is 3.86. The van der Waals surface area contributed by atoms with Gasteiger partial charge in [-0.3, -0.25) is 9.36 Å². The number of nitrogens with zero attached hydrogens (tertiary/aromatic N) is 3. The summed E-state index contributed by atoms with van der Waals surface area (Å²) in [7, 11) is 0. The van der Waals surface area contributed by atoms with Gasteiger partial charge >= 0.3 is 0 Å². The molecule has 0 aliphatic carbocycles. The molecule has 0 aliphatic heterocycles. The van der Waals surface area contributed by atoms with Crippen LogP contribution >= 0.6 is 23.4 Å². The van der Waals surface area contributed by atoms with E-state index in [0.717, 1.165) is 28.1 Å². The van der Waals surface area contributed by atoms with E-state index in [1.165, 1.54) is 17.3 Å². The van der Waals surface area contributed by atoms with Crippen molar-refractivity contribution in [3.05, 3.63) is 88.4 Å². The monoisotopic (exact) mass is 490 g/mol. The van der Waals surface area contributed by atoms with Gasteiger partial charge in [-0.15, -0.1) is 10.2 Å². The van der Waals surface area contributed by atoms with E-state index in [2.05, 4.69) is 41.5 Å². The second-order valence-electron chi connectivity index (χ2n) is 8.47. The van der Waals surface area contributed by atoms with Crippen LogP contribution in [-0.2, 0) is 4.79 Å². The van der Waals surface area contributed by atoms with Crippen molar-refractivity contribution in [1.29, 1.82) is 0 Å². The van der Waals surface area contributed by atoms with Crippen LogP contribution in [0.4, 0.5) is 5.69 Å². The topological polar surface area (TPSA) is 59.8 Å². The average molecular weight is 491 g/mol. The average Bonchev–Trinajstić information content (AvgIpc) is 3.24. The van der Waals surface area contributed by atoms with Crippen molar-refractivity contribution in [2.24, 2.45) is 0 Å². The molecule has 174 valence electrons. The molecule has 1 N–H and O–H groups in total. The summed E-state index contributed by atoms with van der Waals surface area (Å²) in [6.07, 6.45) is 0. The standard InChI is InChI=1S/C27H27ClN4OS/c1-17(2)22-10-5-6-11-23(22)32-26(20-12-14-21(28)15-13-20)30-31-27(32)34-16-24(33)29-25-18(3)8-7-9-19(25)4/h5-15,17H,16H2,1-4H3,(H,29,33). The van der Waals surface area contributed by atoms with E-state index in [1.54, 1.807) is 0 Å². The summed E-state index contributed by atoms with van der Waals surface area (Å²) in [6.45, 7) is 8.31. The van der Waals surface area contributed by atoms with Gasteiger partial charge in [0.25, 0.3) is 0 Å². The molecule has 0 fully saturated rings. The first-order valence-corrected chi connectivity index (χ1v) is 12.5. The van der Waals surface area contributed by atoms with E-state index in [9.17, 15) is 4.79 Å². The molecule has 5 nitrogen and oxygen atoms in total. The predicted octanol–water partition coefficient (Wildman–Crippen LogP) is 7.06. The fraction of sp³-hybridized carbons (Fsp3) is 0.222. The number of hydrogen-bond acceptors (Lipinski definition) is 4. The Morgan fingerprint density at radius 2 is 1.65 bits per heavy atom. The van der Waals surface area contributed by atoms with E-state index >= 15 is 0 Å². The molecule has 4 aromatic rings. The molecule has 0 aliphatic rings. The predicted molar refractivity (Wildman–Crippen MR) is 141 cm³/mol. The molecule has 0 unspecified atom stereocenters. The first kappa shape index (κ1) is 24.0. The summed E-state index contributed by atoms with van der Waals surface area (Å²) in [6, 6.07) is 21.8. The van der Waals surface area contributed by atoms with Crippen molar-refractivity contribution in [3.63, 3.8) is 0 Å². The summed E-state index contributed by atoms with van der Waals surface area (Å²) >= 11 is 7.48. The third-order valence-electron chi connectivity index (χ3n) is 5.61. The van der Waals surface area contributed by atoms with Gasteiger partial charge < -0.3 is 5.32 Å². The van der Waals surface area contributed by atoms with Gasteiger partial charge in [0.1, 0.15) is 0 Å². The smallest absolute Gasteiger partial charge is 0.234 e. The Balaban J connectivity index is 1.68. The minimum atomic E-state index is -0.0814. The van der Waals surface area contributed by atoms with Gasteiger partial charge in [-0.05, 0) is 66.8 Å². The number of hydrogen-bond donors (Lipinski definition) is 1. The van der Waals surface area contributed by atoms with Gasteiger partial charge in [-0.2, -0.15) is 0 Å². The molecule has 0 atom stereocenters. The number of carbonyl (C=O) groups is 1. The maximum Gasteiger partial charge on any atom is 0.234 e. The van der Waals surface area contributed by atoms with Crippen molar-refractivity contribution < 1.29 is 4.79 Å². The van der Waals surface area contributed by atoms with Gasteiger partial charge in [0, 0.05) is 16.3 Å². The lowest BCUT2D eigenvalue weighted by Crippen LogP contribution is -2.16. The second-order valence-corrected chi connectivity index (χ2v) is 9.84. The highest BCUT2D eigenvalue weighted by Crippen LogP contribution is 2.32. The van der Waals surface area contributed by atoms with Crippen LogP contribution in [0.2, 0.25) is 5.02 Å². The number of nitrogens with one attached hydrogen (secondary N) is 1. The number of para-hydroxylation sites is 2. The third-order valence-corrected chi connectivity index (χ3v) is 6.79. The maximum atomic E-state index is 12.8. The normalized spacial score (nSPS) is 11.1. The number of rotatable bonds is 7. The quantitative estimate of drug-likeness (QED) is 0.282. The summed E-state index contributed by atoms with van der Waals surface area (Å²) < 4.78 is 2.04. The highest BCUT2D eigenvalue weighted by molar-refractivity contribution is 7.99. The van der Waals surface area contributed by atoms with Crippen LogP contribution in [0.3, 0.4) is 0 Å². The Bertz CT molecular complexity index is 1290. The number of halogens is 1. The molecule has 0 saturated heterocycles. The van der Waals surface area contributed by atoms with E-state index in [4.69, 9.17) is 11.6 Å². The lowest BCUT2D eigenvalue weighted by molar-refractivity contribution is -0.113. The minimum absolute atomic E-state index is 0.0814. The highest BCUT2D eigenvalue weighted by atomic mass is 35.5. The summed E-state index contributed by atoms with van der Waals surface area (Å²) in [5.74, 6) is 1.16. The first-order chi connectivity index (χ1) is 16.3. The Morgan fingerprint density at radius 3 is 2.32 bits per heavy atom. The zero-order valence-electron chi connectivity index (χ0n) is 19.7. The number of aromatic nitrogens is 3. The molecule has 0 spiro atoms. The van der Waals surface area contributed by atoms with Gasteiger partial charge in [0.2, 0.25) is 5.91 Å². The molecular formula is C27H27ClN4OS. The number of anilines is 1. The lowest BCUT2D eigenvalue weighted by Gasteiger charge is -2.17. The number of aryl methyl sites for hydroxylation is 2. The summed E-state index contributed by atoms with van der Waals surface area (Å²) in [5, 5.41) is 13.3. The second kappa shape index (κ2) is 10.5. The van der Waals surface area contributed by atoms with Gasteiger partial charge in [0.15, 0.2) is 11.0 Å². The molecule has 1 heterocycles. The van der Waals surface area contributed by atoms with Crippen LogP contribution < -0.4 is 5.32 Å². The number of amides is 1. The van der Waals surface area contributed by atoms with Crippen molar-refractivity contribution in [3.8, 4) is 17.1 Å². The molecular weight excluding hydrogens is 464 g/mol. The molecule has 4 rings (SSSR count). The maximum absolute atomic E-state index is 12.8. The van der Waals surface area contributed by atoms with Crippen molar-refractivity contribution in [2.45, 2.75) is 38.8 Å². The molecule has 1 amide bonds. The third kappa shape index (κ3) is 5.18. The highest BCUT2D eigenvalue weighted by Gasteiger charge is 2.20. The van der Waals surface area contributed by atoms with Gasteiger partial charge in [-0.25, -0.2) is 0 Å². The summed E-state index contributed by atoms with van der Waals surface area (Å²) in [4.78, 5) is 12.8. The largest absolute Gasteiger partial charge is 0.325 e. The van der Waals surface area contributed by atoms with Crippen LogP contribution in [0.25, 0.3) is 17.1 Å². The Morgan fingerprint density at radius 1 is 0.971 bits per heavy atom. The molecule has 0 radical (unpaired) electrons. The van der Waals surface area contributed by atoms with Crippen LogP contribution in [0, 0.1) is 13.8 Å². The van der Waals surface area contributed by atoms with Crippen LogP contribution in [0.15, 0.2) is 71.9 Å².